The molecule has 0 bridgehead atoms. The smallest absolute Gasteiger partial charge is 0.305 e. The molecule has 0 radical (unpaired) electrons. The fraction of sp³-hybridized carbons (Fsp3) is 0.545. The third-order valence-corrected chi connectivity index (χ3v) is 5.61. The van der Waals surface area contributed by atoms with Gasteiger partial charge in [0.25, 0.3) is 23.6 Å². The maximum Gasteiger partial charge on any atom is 0.305 e. The standard InChI is InChI=1S/C22H29N3O9/c1-15(33-2)21(32)23-12-22(14-34-11-8-20(30)31,13-25-18(28)6-7-19(25)29)9-3-10-24-16(26)4-5-17(24)27/h4-7,15H,3,8-14H2,1-2H3,(H,23,32)(H,30,31). The highest BCUT2D eigenvalue weighted by Gasteiger charge is 2.38. The van der Waals surface area contributed by atoms with E-state index in [1.807, 2.05) is 0 Å². The number of carbonyl (C=O) groups excluding carboxylic acids is 5. The Morgan fingerprint density at radius 2 is 1.59 bits per heavy atom. The predicted octanol–water partition coefficient (Wildman–Crippen LogP) is -0.755. The van der Waals surface area contributed by atoms with E-state index in [4.69, 9.17) is 14.6 Å². The molecule has 0 saturated carbocycles. The first kappa shape index (κ1) is 26.9. The molecule has 2 aliphatic heterocycles. The summed E-state index contributed by atoms with van der Waals surface area (Å²) in [4.78, 5) is 73.5. The summed E-state index contributed by atoms with van der Waals surface area (Å²) in [5, 5.41) is 11.6. The number of carboxylic acid groups (broad SMARTS) is 1. The Bertz CT molecular complexity index is 862. The van der Waals surface area contributed by atoms with Crippen LogP contribution in [0.2, 0.25) is 0 Å². The maximum atomic E-state index is 12.4. The van der Waals surface area contributed by atoms with Crippen LogP contribution in [0, 0.1) is 5.41 Å². The second-order valence-electron chi connectivity index (χ2n) is 8.15. The summed E-state index contributed by atoms with van der Waals surface area (Å²) >= 11 is 0. The van der Waals surface area contributed by atoms with Gasteiger partial charge in [-0.05, 0) is 19.8 Å². The molecule has 2 N–H and O–H groups in total. The molecule has 0 fully saturated rings. The van der Waals surface area contributed by atoms with Gasteiger partial charge in [-0.1, -0.05) is 0 Å². The first-order valence-corrected chi connectivity index (χ1v) is 10.8. The highest BCUT2D eigenvalue weighted by atomic mass is 16.5. The monoisotopic (exact) mass is 479 g/mol. The zero-order valence-corrected chi connectivity index (χ0v) is 19.2. The van der Waals surface area contributed by atoms with E-state index in [1.54, 1.807) is 6.92 Å². The summed E-state index contributed by atoms with van der Waals surface area (Å²) in [6.07, 6.45) is 4.14. The zero-order valence-electron chi connectivity index (χ0n) is 19.2. The van der Waals surface area contributed by atoms with Gasteiger partial charge in [0.05, 0.1) is 19.6 Å². The van der Waals surface area contributed by atoms with Crippen LogP contribution in [-0.2, 0) is 38.2 Å². The summed E-state index contributed by atoms with van der Waals surface area (Å²) in [6.45, 7) is 1.29. The Kier molecular flexibility index (Phi) is 9.63. The molecule has 0 aromatic rings. The lowest BCUT2D eigenvalue weighted by atomic mass is 9.82. The lowest BCUT2D eigenvalue weighted by Crippen LogP contribution is -2.51. The normalized spacial score (nSPS) is 18.1. The lowest BCUT2D eigenvalue weighted by molar-refractivity contribution is -0.140. The van der Waals surface area contributed by atoms with Crippen molar-refractivity contribution in [1.82, 2.24) is 15.1 Å². The second kappa shape index (κ2) is 12.2. The molecule has 34 heavy (non-hydrogen) atoms. The van der Waals surface area contributed by atoms with Gasteiger partial charge < -0.3 is 19.9 Å². The van der Waals surface area contributed by atoms with Gasteiger partial charge in [-0.2, -0.15) is 0 Å². The Hall–Kier alpha value is -3.38. The van der Waals surface area contributed by atoms with Crippen LogP contribution < -0.4 is 5.32 Å². The quantitative estimate of drug-likeness (QED) is 0.227. The Balaban J connectivity index is 2.20. The molecule has 0 aromatic heterocycles. The number of carbonyl (C=O) groups is 6. The van der Waals surface area contributed by atoms with Gasteiger partial charge in [0.15, 0.2) is 0 Å². The van der Waals surface area contributed by atoms with Crippen molar-refractivity contribution in [2.45, 2.75) is 32.3 Å². The van der Waals surface area contributed by atoms with E-state index >= 15 is 0 Å². The molecule has 0 aliphatic carbocycles. The van der Waals surface area contributed by atoms with Crippen molar-refractivity contribution in [1.29, 1.82) is 0 Å². The third kappa shape index (κ3) is 7.32. The number of imide groups is 2. The summed E-state index contributed by atoms with van der Waals surface area (Å²) in [5.41, 5.74) is -1.02. The fourth-order valence-corrected chi connectivity index (χ4v) is 3.55. The minimum Gasteiger partial charge on any atom is -0.481 e. The zero-order chi connectivity index (χ0) is 25.3. The summed E-state index contributed by atoms with van der Waals surface area (Å²) in [7, 11) is 1.37. The summed E-state index contributed by atoms with van der Waals surface area (Å²) < 4.78 is 10.6. The van der Waals surface area contributed by atoms with Crippen LogP contribution in [0.3, 0.4) is 0 Å². The van der Waals surface area contributed by atoms with Crippen LogP contribution in [0.1, 0.15) is 26.2 Å². The molecule has 0 aromatic carbocycles. The van der Waals surface area contributed by atoms with E-state index in [0.29, 0.717) is 6.42 Å². The Morgan fingerprint density at radius 1 is 1.03 bits per heavy atom. The molecule has 2 rings (SSSR count). The van der Waals surface area contributed by atoms with Crippen LogP contribution in [0.15, 0.2) is 24.3 Å². The van der Waals surface area contributed by atoms with Gasteiger partial charge in [-0.15, -0.1) is 0 Å². The Labute approximate surface area is 196 Å². The van der Waals surface area contributed by atoms with Crippen molar-refractivity contribution >= 4 is 35.5 Å². The van der Waals surface area contributed by atoms with E-state index in [9.17, 15) is 28.8 Å². The van der Waals surface area contributed by atoms with Crippen molar-refractivity contribution < 1.29 is 43.3 Å². The van der Waals surface area contributed by atoms with E-state index in [-0.39, 0.29) is 45.7 Å². The SMILES string of the molecule is COC(C)C(=O)NCC(CCCN1C(=O)C=CC1=O)(COCCC(=O)O)CN1C(=O)C=CC1=O. The van der Waals surface area contributed by atoms with E-state index in [2.05, 4.69) is 5.32 Å². The first-order valence-electron chi connectivity index (χ1n) is 10.8. The lowest BCUT2D eigenvalue weighted by Gasteiger charge is -2.37. The van der Waals surface area contributed by atoms with Gasteiger partial charge in [-0.25, -0.2) is 0 Å². The number of nitrogens with one attached hydrogen (secondary N) is 1. The molecule has 2 aliphatic rings. The summed E-state index contributed by atoms with van der Waals surface area (Å²) in [6, 6.07) is 0. The molecule has 2 atom stereocenters. The van der Waals surface area contributed by atoms with Crippen molar-refractivity contribution in [2.75, 3.05) is 40.0 Å². The van der Waals surface area contributed by atoms with Crippen LogP contribution >= 0.6 is 0 Å². The number of methoxy groups -OCH3 is 1. The molecule has 0 saturated heterocycles. The minimum absolute atomic E-state index is 0.0240. The number of aliphatic carboxylic acids is 1. The number of ether oxygens (including phenoxy) is 2. The second-order valence-corrected chi connectivity index (χ2v) is 8.15. The molecular weight excluding hydrogens is 450 g/mol. The molecule has 2 heterocycles. The Morgan fingerprint density at radius 3 is 2.12 bits per heavy atom. The predicted molar refractivity (Wildman–Crippen MR) is 116 cm³/mol. The van der Waals surface area contributed by atoms with Crippen molar-refractivity contribution in [3.05, 3.63) is 24.3 Å². The van der Waals surface area contributed by atoms with Crippen LogP contribution in [0.25, 0.3) is 0 Å². The molecule has 12 nitrogen and oxygen atoms in total. The number of hydrogen-bond acceptors (Lipinski definition) is 8. The van der Waals surface area contributed by atoms with Gasteiger partial charge >= 0.3 is 5.97 Å². The average Bonchev–Trinajstić information content (AvgIpc) is 3.29. The van der Waals surface area contributed by atoms with Crippen molar-refractivity contribution in [2.24, 2.45) is 5.41 Å². The van der Waals surface area contributed by atoms with Crippen LogP contribution in [0.4, 0.5) is 0 Å². The number of carboxylic acids is 1. The number of rotatable bonds is 15. The van der Waals surface area contributed by atoms with Crippen LogP contribution in [0.5, 0.6) is 0 Å². The van der Waals surface area contributed by atoms with E-state index in [1.165, 1.54) is 19.3 Å². The minimum atomic E-state index is -1.06. The molecule has 5 amide bonds. The van der Waals surface area contributed by atoms with Crippen LogP contribution in [-0.4, -0.2) is 96.5 Å². The summed E-state index contributed by atoms with van der Waals surface area (Å²) in [5.74, 6) is -3.41. The molecule has 2 unspecified atom stereocenters. The van der Waals surface area contributed by atoms with Gasteiger partial charge in [0.1, 0.15) is 6.10 Å². The maximum absolute atomic E-state index is 12.4. The topological polar surface area (TPSA) is 160 Å². The number of hydrogen-bond donors (Lipinski definition) is 2. The highest BCUT2D eigenvalue weighted by Crippen LogP contribution is 2.28. The number of nitrogens with zero attached hydrogens (tertiary/aromatic N) is 2. The largest absolute Gasteiger partial charge is 0.481 e. The molecule has 0 spiro atoms. The number of amides is 5. The third-order valence-electron chi connectivity index (χ3n) is 5.61. The van der Waals surface area contributed by atoms with E-state index < -0.39 is 47.0 Å². The van der Waals surface area contributed by atoms with Gasteiger partial charge in [-0.3, -0.25) is 38.6 Å². The van der Waals surface area contributed by atoms with Gasteiger partial charge in [0.2, 0.25) is 5.91 Å². The average molecular weight is 479 g/mol. The fourth-order valence-electron chi connectivity index (χ4n) is 3.55. The molecule has 12 heteroatoms. The van der Waals surface area contributed by atoms with E-state index in [0.717, 1.165) is 22.0 Å². The molecular formula is C22H29N3O9. The molecule has 186 valence electrons. The van der Waals surface area contributed by atoms with Gasteiger partial charge in [0, 0.05) is 56.5 Å². The highest BCUT2D eigenvalue weighted by molar-refractivity contribution is 6.13. The first-order chi connectivity index (χ1) is 16.1. The van der Waals surface area contributed by atoms with Crippen molar-refractivity contribution in [3.63, 3.8) is 0 Å². The van der Waals surface area contributed by atoms with Crippen molar-refractivity contribution in [3.8, 4) is 0 Å².